The van der Waals surface area contributed by atoms with Crippen LogP contribution in [0, 0.1) is 5.82 Å². The summed E-state index contributed by atoms with van der Waals surface area (Å²) in [6.07, 6.45) is 0. The van der Waals surface area contributed by atoms with Crippen molar-refractivity contribution in [2.45, 2.75) is 6.61 Å². The van der Waals surface area contributed by atoms with Gasteiger partial charge in [0.2, 0.25) is 5.91 Å². The van der Waals surface area contributed by atoms with Gasteiger partial charge in [-0.05, 0) is 29.6 Å². The molecule has 0 aliphatic heterocycles. The van der Waals surface area contributed by atoms with E-state index in [4.69, 9.17) is 9.26 Å². The molecule has 24 heavy (non-hydrogen) atoms. The predicted octanol–water partition coefficient (Wildman–Crippen LogP) is 4.46. The summed E-state index contributed by atoms with van der Waals surface area (Å²) in [7, 11) is 0. The largest absolute Gasteiger partial charge is 0.365 e. The fraction of sp³-hybridized carbons (Fsp3) is 0.125. The fourth-order valence-electron chi connectivity index (χ4n) is 1.94. The summed E-state index contributed by atoms with van der Waals surface area (Å²) < 4.78 is 24.7. The molecule has 0 saturated carbocycles. The first-order chi connectivity index (χ1) is 11.6. The highest BCUT2D eigenvalue weighted by Crippen LogP contribution is 2.25. The summed E-state index contributed by atoms with van der Waals surface area (Å²) in [5.41, 5.74) is 0.689. The van der Waals surface area contributed by atoms with E-state index in [1.165, 1.54) is 12.1 Å². The number of carbonyl (C=O) groups is 1. The van der Waals surface area contributed by atoms with Gasteiger partial charge in [0.1, 0.15) is 18.1 Å². The summed E-state index contributed by atoms with van der Waals surface area (Å²) in [4.78, 5) is 12.7. The number of thiophene rings is 1. The van der Waals surface area contributed by atoms with Crippen molar-refractivity contribution in [1.82, 2.24) is 5.16 Å². The molecule has 5 nitrogen and oxygen atoms in total. The van der Waals surface area contributed by atoms with Crippen molar-refractivity contribution >= 4 is 38.9 Å². The number of hydrogen-bond donors (Lipinski definition) is 1. The van der Waals surface area contributed by atoms with Crippen LogP contribution in [0.4, 0.5) is 10.1 Å². The van der Waals surface area contributed by atoms with Crippen molar-refractivity contribution in [1.29, 1.82) is 0 Å². The second kappa shape index (κ2) is 7.69. The first-order valence-electron chi connectivity index (χ1n) is 6.94. The molecule has 124 valence electrons. The van der Waals surface area contributed by atoms with Gasteiger partial charge in [-0.15, -0.1) is 11.3 Å². The summed E-state index contributed by atoms with van der Waals surface area (Å²) >= 11 is 4.70. The van der Waals surface area contributed by atoms with Crippen molar-refractivity contribution in [3.05, 3.63) is 57.8 Å². The van der Waals surface area contributed by atoms with E-state index in [-0.39, 0.29) is 18.9 Å². The van der Waals surface area contributed by atoms with Crippen LogP contribution < -0.4 is 5.32 Å². The van der Waals surface area contributed by atoms with Gasteiger partial charge in [-0.2, -0.15) is 0 Å². The maximum absolute atomic E-state index is 13.6. The Hall–Kier alpha value is -2.03. The van der Waals surface area contributed by atoms with Crippen molar-refractivity contribution in [2.24, 2.45) is 0 Å². The lowest BCUT2D eigenvalue weighted by Gasteiger charge is -2.06. The number of nitrogens with one attached hydrogen (secondary N) is 1. The van der Waals surface area contributed by atoms with Crippen LogP contribution in [0.15, 0.2) is 50.8 Å². The van der Waals surface area contributed by atoms with Gasteiger partial charge in [-0.1, -0.05) is 27.2 Å². The molecule has 0 saturated heterocycles. The predicted molar refractivity (Wildman–Crippen MR) is 92.2 cm³/mol. The van der Waals surface area contributed by atoms with Crippen LogP contribution in [-0.4, -0.2) is 17.7 Å². The minimum absolute atomic E-state index is 0.105. The Morgan fingerprint density at radius 3 is 3.00 bits per heavy atom. The van der Waals surface area contributed by atoms with Crippen molar-refractivity contribution in [3.63, 3.8) is 0 Å². The van der Waals surface area contributed by atoms with E-state index in [1.54, 1.807) is 23.5 Å². The van der Waals surface area contributed by atoms with Crippen LogP contribution in [0.5, 0.6) is 0 Å². The van der Waals surface area contributed by atoms with Crippen LogP contribution in [0.3, 0.4) is 0 Å². The second-order valence-electron chi connectivity index (χ2n) is 4.82. The average Bonchev–Trinajstić information content (AvgIpc) is 3.21. The van der Waals surface area contributed by atoms with Gasteiger partial charge < -0.3 is 14.6 Å². The number of benzene rings is 1. The molecule has 3 rings (SSSR count). The zero-order valence-electron chi connectivity index (χ0n) is 12.3. The van der Waals surface area contributed by atoms with Crippen molar-refractivity contribution in [2.75, 3.05) is 11.9 Å². The fourth-order valence-corrected chi connectivity index (χ4v) is 2.95. The standard InChI is InChI=1S/C16H12BrFN2O3S/c17-10-3-4-13(12(18)6-10)19-16(21)9-22-8-11-7-14(23-20-11)15-2-1-5-24-15/h1-7H,8-9H2,(H,19,21). The number of ether oxygens (including phenoxy) is 1. The third kappa shape index (κ3) is 4.28. The van der Waals surface area contributed by atoms with E-state index in [0.29, 0.717) is 15.9 Å². The number of aromatic nitrogens is 1. The normalized spacial score (nSPS) is 10.8. The average molecular weight is 411 g/mol. The highest BCUT2D eigenvalue weighted by molar-refractivity contribution is 9.10. The quantitative estimate of drug-likeness (QED) is 0.651. The minimum Gasteiger partial charge on any atom is -0.365 e. The highest BCUT2D eigenvalue weighted by Gasteiger charge is 2.10. The van der Waals surface area contributed by atoms with E-state index in [2.05, 4.69) is 26.4 Å². The number of anilines is 1. The Morgan fingerprint density at radius 1 is 1.38 bits per heavy atom. The second-order valence-corrected chi connectivity index (χ2v) is 6.69. The molecule has 1 amide bonds. The molecule has 0 aliphatic rings. The van der Waals surface area contributed by atoms with E-state index in [9.17, 15) is 9.18 Å². The maximum Gasteiger partial charge on any atom is 0.250 e. The van der Waals surface area contributed by atoms with Crippen LogP contribution in [0.25, 0.3) is 10.6 Å². The lowest BCUT2D eigenvalue weighted by atomic mass is 10.3. The van der Waals surface area contributed by atoms with E-state index in [0.717, 1.165) is 4.88 Å². The zero-order valence-corrected chi connectivity index (χ0v) is 14.7. The molecule has 2 aromatic heterocycles. The number of rotatable bonds is 6. The molecule has 0 spiro atoms. The molecule has 2 heterocycles. The molecule has 8 heteroatoms. The van der Waals surface area contributed by atoms with Gasteiger partial charge in [0, 0.05) is 10.5 Å². The number of amides is 1. The Bertz CT molecular complexity index is 836. The van der Waals surface area contributed by atoms with E-state index in [1.807, 2.05) is 17.5 Å². The molecule has 0 bridgehead atoms. The summed E-state index contributed by atoms with van der Waals surface area (Å²) in [6, 6.07) is 10.00. The first kappa shape index (κ1) is 16.8. The van der Waals surface area contributed by atoms with Gasteiger partial charge in [0.15, 0.2) is 5.76 Å². The summed E-state index contributed by atoms with van der Waals surface area (Å²) in [6.45, 7) is -0.0815. The van der Waals surface area contributed by atoms with Gasteiger partial charge in [0.05, 0.1) is 17.2 Å². The Balaban J connectivity index is 1.48. The Morgan fingerprint density at radius 2 is 2.25 bits per heavy atom. The molecule has 0 fully saturated rings. The summed E-state index contributed by atoms with van der Waals surface area (Å²) in [5.74, 6) is -0.307. The molecule has 0 atom stereocenters. The van der Waals surface area contributed by atoms with Crippen LogP contribution in [0.1, 0.15) is 5.69 Å². The van der Waals surface area contributed by atoms with E-state index < -0.39 is 11.7 Å². The molecule has 0 unspecified atom stereocenters. The first-order valence-corrected chi connectivity index (χ1v) is 8.61. The van der Waals surface area contributed by atoms with Crippen molar-refractivity contribution in [3.8, 4) is 10.6 Å². The Labute approximate surface area is 149 Å². The van der Waals surface area contributed by atoms with Crippen LogP contribution >= 0.6 is 27.3 Å². The zero-order chi connectivity index (χ0) is 16.9. The third-order valence-electron chi connectivity index (χ3n) is 3.01. The number of carbonyl (C=O) groups excluding carboxylic acids is 1. The number of hydrogen-bond acceptors (Lipinski definition) is 5. The molecular weight excluding hydrogens is 399 g/mol. The minimum atomic E-state index is -0.519. The lowest BCUT2D eigenvalue weighted by Crippen LogP contribution is -2.19. The number of nitrogens with zero attached hydrogens (tertiary/aromatic N) is 1. The SMILES string of the molecule is O=C(COCc1cc(-c2cccs2)on1)Nc1ccc(Br)cc1F. The van der Waals surface area contributed by atoms with Gasteiger partial charge in [-0.3, -0.25) is 4.79 Å². The Kier molecular flexibility index (Phi) is 5.39. The van der Waals surface area contributed by atoms with E-state index >= 15 is 0 Å². The number of halogens is 2. The highest BCUT2D eigenvalue weighted by atomic mass is 79.9. The summed E-state index contributed by atoms with van der Waals surface area (Å²) in [5, 5.41) is 8.28. The molecule has 1 aromatic carbocycles. The van der Waals surface area contributed by atoms with Crippen LogP contribution in [0.2, 0.25) is 0 Å². The third-order valence-corrected chi connectivity index (χ3v) is 4.39. The lowest BCUT2D eigenvalue weighted by molar-refractivity contribution is -0.121. The molecule has 0 radical (unpaired) electrons. The molecular formula is C16H12BrFN2O3S. The van der Waals surface area contributed by atoms with Crippen molar-refractivity contribution < 1.29 is 18.4 Å². The van der Waals surface area contributed by atoms with Gasteiger partial charge in [-0.25, -0.2) is 4.39 Å². The smallest absolute Gasteiger partial charge is 0.250 e. The molecule has 1 N–H and O–H groups in total. The molecule has 0 aliphatic carbocycles. The molecule has 3 aromatic rings. The monoisotopic (exact) mass is 410 g/mol. The van der Waals surface area contributed by atoms with Gasteiger partial charge in [0.25, 0.3) is 0 Å². The van der Waals surface area contributed by atoms with Crippen LogP contribution in [-0.2, 0) is 16.1 Å². The topological polar surface area (TPSA) is 64.4 Å². The maximum atomic E-state index is 13.6. The van der Waals surface area contributed by atoms with Gasteiger partial charge >= 0.3 is 0 Å².